The first-order valence-corrected chi connectivity index (χ1v) is 10.2. The van der Waals surface area contributed by atoms with Crippen molar-refractivity contribution in [1.29, 1.82) is 0 Å². The van der Waals surface area contributed by atoms with Gasteiger partial charge in [-0.05, 0) is 49.5 Å². The van der Waals surface area contributed by atoms with E-state index in [1.807, 2.05) is 25.1 Å². The number of carbonyl (C=O) groups is 1. The molecular formula is C24H34O4. The summed E-state index contributed by atoms with van der Waals surface area (Å²) in [6.07, 6.45) is 11.2. The van der Waals surface area contributed by atoms with E-state index >= 15 is 0 Å². The maximum Gasteiger partial charge on any atom is 0.306 e. The van der Waals surface area contributed by atoms with Crippen molar-refractivity contribution in [1.82, 2.24) is 0 Å². The van der Waals surface area contributed by atoms with Crippen LogP contribution in [0, 0.1) is 17.8 Å². The van der Waals surface area contributed by atoms with Gasteiger partial charge in [0.15, 0.2) is 0 Å². The molecule has 0 spiro atoms. The van der Waals surface area contributed by atoms with Crippen molar-refractivity contribution in [2.24, 2.45) is 17.8 Å². The van der Waals surface area contributed by atoms with Gasteiger partial charge in [-0.25, -0.2) is 9.78 Å². The molecule has 0 amide bonds. The van der Waals surface area contributed by atoms with E-state index in [0.29, 0.717) is 11.8 Å². The quantitative estimate of drug-likeness (QED) is 0.424. The minimum atomic E-state index is -0.851. The van der Waals surface area contributed by atoms with E-state index in [1.54, 1.807) is 0 Å². The molecule has 1 heterocycles. The highest BCUT2D eigenvalue weighted by Crippen LogP contribution is 2.36. The Morgan fingerprint density at radius 1 is 1.25 bits per heavy atom. The molecule has 2 rings (SSSR count). The number of allylic oxidation sites excluding steroid dienone is 3. The van der Waals surface area contributed by atoms with Gasteiger partial charge in [-0.1, -0.05) is 75.4 Å². The molecule has 5 unspecified atom stereocenters. The fourth-order valence-corrected chi connectivity index (χ4v) is 3.84. The largest absolute Gasteiger partial charge is 0.481 e. The van der Waals surface area contributed by atoms with E-state index in [9.17, 15) is 4.79 Å². The van der Waals surface area contributed by atoms with Crippen molar-refractivity contribution in [3.05, 3.63) is 54.1 Å². The van der Waals surface area contributed by atoms with Crippen LogP contribution in [0.3, 0.4) is 0 Å². The molecule has 154 valence electrons. The molecule has 1 saturated heterocycles. The molecule has 0 aliphatic carbocycles. The summed E-state index contributed by atoms with van der Waals surface area (Å²) in [6, 6.07) is 10.3. The van der Waals surface area contributed by atoms with Gasteiger partial charge in [0.1, 0.15) is 11.7 Å². The second kappa shape index (κ2) is 10.6. The number of carboxylic acid groups (broad SMARTS) is 1. The number of carboxylic acids is 1. The molecule has 1 aliphatic rings. The van der Waals surface area contributed by atoms with Gasteiger partial charge in [-0.3, -0.25) is 4.79 Å². The van der Waals surface area contributed by atoms with Gasteiger partial charge in [0, 0.05) is 0 Å². The highest BCUT2D eigenvalue weighted by Gasteiger charge is 2.39. The standard InChI is InChI=1S/C24H34O4/c1-18(13-14-21-11-6-5-7-12-21)9-8-10-19(2)16-24(4)17-20(3)22(27-28-24)15-23(25)26/h5-8,10-14,18-20,22H,9,15-17H2,1-4H3,(H,25,26). The zero-order valence-corrected chi connectivity index (χ0v) is 17.5. The minimum Gasteiger partial charge on any atom is -0.481 e. The lowest BCUT2D eigenvalue weighted by atomic mass is 9.82. The Morgan fingerprint density at radius 3 is 2.61 bits per heavy atom. The molecule has 1 aromatic carbocycles. The van der Waals surface area contributed by atoms with Crippen molar-refractivity contribution in [2.75, 3.05) is 0 Å². The summed E-state index contributed by atoms with van der Waals surface area (Å²) in [6.45, 7) is 8.49. The average molecular weight is 387 g/mol. The van der Waals surface area contributed by atoms with Crippen LogP contribution in [0.1, 0.15) is 58.9 Å². The normalized spacial score (nSPS) is 27.9. The number of hydrogen-bond donors (Lipinski definition) is 1. The van der Waals surface area contributed by atoms with Crippen LogP contribution in [0.5, 0.6) is 0 Å². The zero-order chi connectivity index (χ0) is 20.6. The fraction of sp³-hybridized carbons (Fsp3) is 0.542. The maximum atomic E-state index is 10.9. The van der Waals surface area contributed by atoms with Crippen LogP contribution in [0.2, 0.25) is 0 Å². The predicted molar refractivity (Wildman–Crippen MR) is 113 cm³/mol. The van der Waals surface area contributed by atoms with Crippen LogP contribution in [0.4, 0.5) is 0 Å². The number of rotatable bonds is 9. The first-order valence-electron chi connectivity index (χ1n) is 10.2. The molecule has 1 fully saturated rings. The van der Waals surface area contributed by atoms with Crippen LogP contribution in [-0.4, -0.2) is 22.8 Å². The molecule has 4 heteroatoms. The van der Waals surface area contributed by atoms with E-state index in [1.165, 1.54) is 5.56 Å². The number of aliphatic carboxylic acids is 1. The van der Waals surface area contributed by atoms with Gasteiger partial charge >= 0.3 is 5.97 Å². The van der Waals surface area contributed by atoms with E-state index in [2.05, 4.69) is 57.2 Å². The summed E-state index contributed by atoms with van der Waals surface area (Å²) in [7, 11) is 0. The van der Waals surface area contributed by atoms with E-state index in [-0.39, 0.29) is 24.0 Å². The van der Waals surface area contributed by atoms with Gasteiger partial charge in [-0.15, -0.1) is 0 Å². The molecule has 0 bridgehead atoms. The monoisotopic (exact) mass is 386 g/mol. The van der Waals surface area contributed by atoms with E-state index in [4.69, 9.17) is 14.9 Å². The highest BCUT2D eigenvalue weighted by molar-refractivity contribution is 5.67. The van der Waals surface area contributed by atoms with Crippen molar-refractivity contribution >= 4 is 12.0 Å². The highest BCUT2D eigenvalue weighted by atomic mass is 17.2. The summed E-state index contributed by atoms with van der Waals surface area (Å²) >= 11 is 0. The Labute approximate surface area is 169 Å². The molecular weight excluding hydrogens is 352 g/mol. The Kier molecular flexibility index (Phi) is 8.46. The van der Waals surface area contributed by atoms with Crippen molar-refractivity contribution in [3.63, 3.8) is 0 Å². The van der Waals surface area contributed by atoms with Crippen LogP contribution in [-0.2, 0) is 14.6 Å². The van der Waals surface area contributed by atoms with E-state index in [0.717, 1.165) is 19.3 Å². The third kappa shape index (κ3) is 7.61. The summed E-state index contributed by atoms with van der Waals surface area (Å²) in [5.74, 6) is 0.150. The van der Waals surface area contributed by atoms with Crippen LogP contribution in [0.15, 0.2) is 48.6 Å². The summed E-state index contributed by atoms with van der Waals surface area (Å²) in [4.78, 5) is 21.9. The second-order valence-corrected chi connectivity index (χ2v) is 8.54. The fourth-order valence-electron chi connectivity index (χ4n) is 3.84. The number of hydrogen-bond acceptors (Lipinski definition) is 3. The SMILES string of the molecule is CC(C=Cc1ccccc1)CC=CC(C)CC1(C)CC(C)C(CC(=O)O)OO1. The van der Waals surface area contributed by atoms with Crippen molar-refractivity contribution in [3.8, 4) is 0 Å². The van der Waals surface area contributed by atoms with Crippen LogP contribution in [0.25, 0.3) is 6.08 Å². The van der Waals surface area contributed by atoms with Gasteiger partial charge in [-0.2, -0.15) is 0 Å². The van der Waals surface area contributed by atoms with Crippen molar-refractivity contribution in [2.45, 2.75) is 65.1 Å². The lowest BCUT2D eigenvalue weighted by Crippen LogP contribution is -2.44. The summed E-state index contributed by atoms with van der Waals surface area (Å²) < 4.78 is 0. The number of benzene rings is 1. The van der Waals surface area contributed by atoms with Gasteiger partial charge in [0.25, 0.3) is 0 Å². The maximum absolute atomic E-state index is 10.9. The smallest absolute Gasteiger partial charge is 0.306 e. The molecule has 0 radical (unpaired) electrons. The topological polar surface area (TPSA) is 55.8 Å². The van der Waals surface area contributed by atoms with Crippen LogP contribution >= 0.6 is 0 Å². The van der Waals surface area contributed by atoms with E-state index < -0.39 is 5.97 Å². The Bertz CT molecular complexity index is 666. The Morgan fingerprint density at radius 2 is 1.96 bits per heavy atom. The van der Waals surface area contributed by atoms with Gasteiger partial charge in [0.2, 0.25) is 0 Å². The van der Waals surface area contributed by atoms with Gasteiger partial charge in [0.05, 0.1) is 6.42 Å². The first kappa shape index (κ1) is 22.4. The first-order chi connectivity index (χ1) is 13.3. The molecule has 0 saturated carbocycles. The molecule has 0 aromatic heterocycles. The minimum absolute atomic E-state index is 0.0128. The zero-order valence-electron chi connectivity index (χ0n) is 17.5. The second-order valence-electron chi connectivity index (χ2n) is 8.54. The Hall–Kier alpha value is -1.91. The van der Waals surface area contributed by atoms with Crippen molar-refractivity contribution < 1.29 is 19.7 Å². The molecule has 5 atom stereocenters. The molecule has 1 aromatic rings. The summed E-state index contributed by atoms with van der Waals surface area (Å²) in [5, 5.41) is 8.95. The third-order valence-electron chi connectivity index (χ3n) is 5.28. The lowest BCUT2D eigenvalue weighted by Gasteiger charge is -2.40. The van der Waals surface area contributed by atoms with Crippen LogP contribution < -0.4 is 0 Å². The summed E-state index contributed by atoms with van der Waals surface area (Å²) in [5.41, 5.74) is 0.848. The third-order valence-corrected chi connectivity index (χ3v) is 5.28. The average Bonchev–Trinajstić information content (AvgIpc) is 2.63. The molecule has 4 nitrogen and oxygen atoms in total. The lowest BCUT2D eigenvalue weighted by molar-refractivity contribution is -0.417. The van der Waals surface area contributed by atoms with Gasteiger partial charge < -0.3 is 5.11 Å². The molecule has 28 heavy (non-hydrogen) atoms. The molecule has 1 aliphatic heterocycles. The Balaban J connectivity index is 1.77. The predicted octanol–water partition coefficient (Wildman–Crippen LogP) is 5.90. The molecule has 1 N–H and O–H groups in total.